The third kappa shape index (κ3) is 4.98. The van der Waals surface area contributed by atoms with Crippen LogP contribution in [0.1, 0.15) is 38.3 Å². The van der Waals surface area contributed by atoms with Crippen LogP contribution in [0.25, 0.3) is 11.0 Å². The topological polar surface area (TPSA) is 140 Å². The van der Waals surface area contributed by atoms with Crippen LogP contribution in [0, 0.1) is 6.92 Å². The molecule has 0 spiro atoms. The van der Waals surface area contributed by atoms with Gasteiger partial charge in [0.15, 0.2) is 11.4 Å². The number of phenolic OH excluding ortho intramolecular Hbond substituents is 1. The maximum atomic E-state index is 13.3. The summed E-state index contributed by atoms with van der Waals surface area (Å²) >= 11 is 0. The normalized spacial score (nSPS) is 12.4. The molecule has 3 aromatic rings. The monoisotopic (exact) mass is 468 g/mol. The Labute approximate surface area is 196 Å². The zero-order chi connectivity index (χ0) is 25.2. The van der Waals surface area contributed by atoms with Gasteiger partial charge in [-0.15, -0.1) is 0 Å². The number of hydrogen-bond acceptors (Lipinski definition) is 6. The first-order valence-corrected chi connectivity index (χ1v) is 10.8. The number of aryl methyl sites for hydroxylation is 2. The summed E-state index contributed by atoms with van der Waals surface area (Å²) in [4.78, 5) is 39.1. The molecule has 9 nitrogen and oxygen atoms in total. The second kappa shape index (κ2) is 9.46. The molecular weight excluding hydrogens is 440 g/mol. The van der Waals surface area contributed by atoms with Gasteiger partial charge in [-0.05, 0) is 58.2 Å². The predicted molar refractivity (Wildman–Crippen MR) is 127 cm³/mol. The smallest absolute Gasteiger partial charge is 0.408 e. The van der Waals surface area contributed by atoms with Crippen LogP contribution >= 0.6 is 0 Å². The van der Waals surface area contributed by atoms with Crippen molar-refractivity contribution in [1.82, 2.24) is 4.90 Å². The molecule has 1 aromatic heterocycles. The van der Waals surface area contributed by atoms with Gasteiger partial charge in [-0.1, -0.05) is 30.3 Å². The highest BCUT2D eigenvalue weighted by atomic mass is 16.4. The van der Waals surface area contributed by atoms with E-state index in [-0.39, 0.29) is 28.7 Å². The second-order valence-electron chi connectivity index (χ2n) is 9.05. The molecule has 34 heavy (non-hydrogen) atoms. The summed E-state index contributed by atoms with van der Waals surface area (Å²) in [6.07, 6.45) is -0.733. The van der Waals surface area contributed by atoms with Crippen LogP contribution in [0.15, 0.2) is 51.7 Å². The van der Waals surface area contributed by atoms with Crippen LogP contribution in [0.4, 0.5) is 10.5 Å². The summed E-state index contributed by atoms with van der Waals surface area (Å²) in [5.41, 5.74) is -1.27. The Hall–Kier alpha value is -4.01. The number of carboxylic acid groups (broad SMARTS) is 1. The van der Waals surface area contributed by atoms with Crippen molar-refractivity contribution in [3.8, 4) is 11.5 Å². The zero-order valence-corrected chi connectivity index (χ0v) is 19.5. The zero-order valence-electron chi connectivity index (χ0n) is 19.5. The van der Waals surface area contributed by atoms with Gasteiger partial charge in [0.25, 0.3) is 0 Å². The first-order chi connectivity index (χ1) is 15.9. The lowest BCUT2D eigenvalue weighted by atomic mass is 9.98. The molecule has 1 heterocycles. The van der Waals surface area contributed by atoms with Crippen LogP contribution in [0.3, 0.4) is 0 Å². The Balaban J connectivity index is 2.01. The van der Waals surface area contributed by atoms with Crippen molar-refractivity contribution in [3.05, 3.63) is 64.0 Å². The molecule has 0 fully saturated rings. The SMILES string of the molecule is Cc1c(O)ccc2c(O)c(NC(=O)C(CCc3ccccc3)N(C(=O)O)C(C)(C)C)c(=O)oc12. The molecule has 2 aromatic carbocycles. The van der Waals surface area contributed by atoms with Crippen molar-refractivity contribution >= 4 is 28.7 Å². The van der Waals surface area contributed by atoms with Gasteiger partial charge in [0.2, 0.25) is 5.91 Å². The molecule has 4 N–H and O–H groups in total. The molecule has 0 aliphatic carbocycles. The Morgan fingerprint density at radius 3 is 2.32 bits per heavy atom. The summed E-state index contributed by atoms with van der Waals surface area (Å²) in [7, 11) is 0. The van der Waals surface area contributed by atoms with E-state index in [0.29, 0.717) is 6.42 Å². The van der Waals surface area contributed by atoms with Crippen LogP contribution in [-0.2, 0) is 11.2 Å². The fourth-order valence-corrected chi connectivity index (χ4v) is 3.90. The van der Waals surface area contributed by atoms with Crippen LogP contribution in [0.2, 0.25) is 0 Å². The third-order valence-electron chi connectivity index (χ3n) is 5.61. The minimum absolute atomic E-state index is 0.0111. The van der Waals surface area contributed by atoms with Crippen LogP contribution in [0.5, 0.6) is 11.5 Å². The molecule has 9 heteroatoms. The molecule has 2 amide bonds. The van der Waals surface area contributed by atoms with Gasteiger partial charge in [-0.2, -0.15) is 0 Å². The van der Waals surface area contributed by atoms with Crippen LogP contribution in [-0.4, -0.2) is 43.8 Å². The largest absolute Gasteiger partial charge is 0.508 e. The van der Waals surface area contributed by atoms with Crippen molar-refractivity contribution < 1.29 is 29.3 Å². The number of fused-ring (bicyclic) bond motifs is 1. The van der Waals surface area contributed by atoms with Gasteiger partial charge >= 0.3 is 11.7 Å². The molecule has 0 radical (unpaired) electrons. The first-order valence-electron chi connectivity index (χ1n) is 10.8. The number of nitrogens with one attached hydrogen (secondary N) is 1. The predicted octanol–water partition coefficient (Wildman–Crippen LogP) is 4.23. The minimum atomic E-state index is -1.29. The van der Waals surface area contributed by atoms with Crippen LogP contribution < -0.4 is 10.9 Å². The van der Waals surface area contributed by atoms with Crippen molar-refractivity contribution in [2.24, 2.45) is 0 Å². The summed E-state index contributed by atoms with van der Waals surface area (Å²) in [5.74, 6) is -1.41. The summed E-state index contributed by atoms with van der Waals surface area (Å²) in [6, 6.07) is 10.8. The highest BCUT2D eigenvalue weighted by molar-refractivity contribution is 6.00. The van der Waals surface area contributed by atoms with Gasteiger partial charge < -0.3 is 25.1 Å². The Morgan fingerprint density at radius 1 is 1.09 bits per heavy atom. The van der Waals surface area contributed by atoms with E-state index < -0.39 is 40.6 Å². The first kappa shape index (κ1) is 24.6. The van der Waals surface area contributed by atoms with Gasteiger partial charge in [-0.25, -0.2) is 9.59 Å². The van der Waals surface area contributed by atoms with E-state index in [4.69, 9.17) is 4.42 Å². The van der Waals surface area contributed by atoms with E-state index in [1.54, 1.807) is 20.8 Å². The molecular formula is C25H28N2O7. The molecule has 0 aliphatic heterocycles. The van der Waals surface area contributed by atoms with E-state index in [1.165, 1.54) is 19.1 Å². The molecule has 0 bridgehead atoms. The lowest BCUT2D eigenvalue weighted by Crippen LogP contribution is -2.55. The number of rotatable bonds is 6. The lowest BCUT2D eigenvalue weighted by molar-refractivity contribution is -0.122. The summed E-state index contributed by atoms with van der Waals surface area (Å²) < 4.78 is 5.25. The van der Waals surface area contributed by atoms with E-state index in [0.717, 1.165) is 10.5 Å². The van der Waals surface area contributed by atoms with Crippen molar-refractivity contribution in [2.45, 2.75) is 52.1 Å². The average Bonchev–Trinajstić information content (AvgIpc) is 2.76. The van der Waals surface area contributed by atoms with E-state index in [1.807, 2.05) is 30.3 Å². The maximum absolute atomic E-state index is 13.3. The van der Waals surface area contributed by atoms with Gasteiger partial charge in [-0.3, -0.25) is 9.69 Å². The number of benzene rings is 2. The number of aromatic hydroxyl groups is 2. The fourth-order valence-electron chi connectivity index (χ4n) is 3.90. The second-order valence-corrected chi connectivity index (χ2v) is 9.05. The number of anilines is 1. The van der Waals surface area contributed by atoms with Gasteiger partial charge in [0.1, 0.15) is 17.4 Å². The van der Waals surface area contributed by atoms with Crippen molar-refractivity contribution in [3.63, 3.8) is 0 Å². The summed E-state index contributed by atoms with van der Waals surface area (Å²) in [5, 5.41) is 33.0. The number of phenols is 1. The van der Waals surface area contributed by atoms with Gasteiger partial charge in [0.05, 0.1) is 5.39 Å². The minimum Gasteiger partial charge on any atom is -0.508 e. The van der Waals surface area contributed by atoms with Crippen molar-refractivity contribution in [1.29, 1.82) is 0 Å². The molecule has 180 valence electrons. The van der Waals surface area contributed by atoms with E-state index >= 15 is 0 Å². The molecule has 3 rings (SSSR count). The number of carbonyl (C=O) groups is 2. The number of nitrogens with zero attached hydrogens (tertiary/aromatic N) is 1. The van der Waals surface area contributed by atoms with Gasteiger partial charge in [0, 0.05) is 11.1 Å². The summed E-state index contributed by atoms with van der Waals surface area (Å²) in [6.45, 7) is 6.52. The molecule has 0 aliphatic rings. The Bertz CT molecular complexity index is 1280. The molecule has 0 saturated heterocycles. The third-order valence-corrected chi connectivity index (χ3v) is 5.61. The molecule has 1 unspecified atom stereocenters. The highest BCUT2D eigenvalue weighted by Gasteiger charge is 2.38. The number of hydrogen-bond donors (Lipinski definition) is 4. The van der Waals surface area contributed by atoms with E-state index in [2.05, 4.69) is 5.32 Å². The number of carbonyl (C=O) groups excluding carboxylic acids is 1. The lowest BCUT2D eigenvalue weighted by Gasteiger charge is -2.38. The quantitative estimate of drug-likeness (QED) is 0.397. The number of amides is 2. The van der Waals surface area contributed by atoms with E-state index in [9.17, 15) is 29.7 Å². The molecule has 0 saturated carbocycles. The highest BCUT2D eigenvalue weighted by Crippen LogP contribution is 2.35. The average molecular weight is 469 g/mol. The van der Waals surface area contributed by atoms with Crippen molar-refractivity contribution in [2.75, 3.05) is 5.32 Å². The Kier molecular flexibility index (Phi) is 6.85. The Morgan fingerprint density at radius 2 is 1.74 bits per heavy atom. The standard InChI is InChI=1S/C25H28N2O7/c1-14-18(28)13-11-16-20(29)19(23(31)34-21(14)16)26-22(30)17(27(24(32)33)25(2,3)4)12-10-15-8-6-5-7-9-15/h5-9,11,13,17,28-29H,10,12H2,1-4H3,(H,26,30)(H,32,33). The maximum Gasteiger partial charge on any atom is 0.408 e. The molecule has 1 atom stereocenters. The fraction of sp³-hybridized carbons (Fsp3) is 0.320.